The number of hydrogen-bond acceptors (Lipinski definition) is 7. The molecule has 5 aromatic rings. The molecular weight excluding hydrogens is 428 g/mol. The van der Waals surface area contributed by atoms with Gasteiger partial charge in [-0.05, 0) is 48.5 Å². The van der Waals surface area contributed by atoms with Crippen LogP contribution in [-0.4, -0.2) is 25.9 Å². The van der Waals surface area contributed by atoms with Crippen LogP contribution in [0.3, 0.4) is 0 Å². The number of rotatable bonds is 5. The minimum absolute atomic E-state index is 0.256. The quantitative estimate of drug-likeness (QED) is 0.388. The maximum atomic E-state index is 12.5. The van der Waals surface area contributed by atoms with Gasteiger partial charge >= 0.3 is 0 Å². The Balaban J connectivity index is 1.31. The zero-order chi connectivity index (χ0) is 21.2. The first-order chi connectivity index (χ1) is 15.2. The molecule has 1 N–H and O–H groups in total. The monoisotopic (exact) mass is 442 g/mol. The van der Waals surface area contributed by atoms with Crippen molar-refractivity contribution in [1.29, 1.82) is 5.26 Å². The van der Waals surface area contributed by atoms with Gasteiger partial charge in [0.2, 0.25) is 0 Å². The van der Waals surface area contributed by atoms with Gasteiger partial charge in [0.25, 0.3) is 5.91 Å². The van der Waals surface area contributed by atoms with Crippen LogP contribution in [0.1, 0.15) is 15.9 Å². The minimum atomic E-state index is -0.256. The molecule has 0 saturated heterocycles. The molecule has 3 aromatic carbocycles. The van der Waals surface area contributed by atoms with Gasteiger partial charge in [0.05, 0.1) is 33.2 Å². The maximum Gasteiger partial charge on any atom is 0.255 e. The lowest BCUT2D eigenvalue weighted by atomic mass is 10.1. The maximum absolute atomic E-state index is 12.5. The lowest BCUT2D eigenvalue weighted by molar-refractivity contribution is 0.102. The highest BCUT2D eigenvalue weighted by molar-refractivity contribution is 8.00. The standard InChI is InChI=1S/C22H14N6OS2/c23-12-14-4-3-5-15(10-14)21(29)24-16-8-9-18-20(11-16)31-22(25-18)30-13-28-19-7-2-1-6-17(19)26-27-28/h1-11H,13H2,(H,24,29). The first kappa shape index (κ1) is 19.2. The second kappa shape index (κ2) is 8.18. The molecule has 1 amide bonds. The molecule has 0 atom stereocenters. The van der Waals surface area contributed by atoms with Crippen LogP contribution in [-0.2, 0) is 5.88 Å². The first-order valence-electron chi connectivity index (χ1n) is 9.33. The van der Waals surface area contributed by atoms with Gasteiger partial charge in [-0.3, -0.25) is 4.79 Å². The molecule has 0 aliphatic heterocycles. The van der Waals surface area contributed by atoms with Crippen molar-refractivity contribution in [1.82, 2.24) is 20.0 Å². The average molecular weight is 443 g/mol. The minimum Gasteiger partial charge on any atom is -0.322 e. The fraction of sp³-hybridized carbons (Fsp3) is 0.0455. The van der Waals surface area contributed by atoms with E-state index in [0.717, 1.165) is 25.6 Å². The first-order valence-corrected chi connectivity index (χ1v) is 11.1. The van der Waals surface area contributed by atoms with Crippen molar-refractivity contribution in [3.05, 3.63) is 77.9 Å². The number of carbonyl (C=O) groups excluding carboxylic acids is 1. The number of aromatic nitrogens is 4. The summed E-state index contributed by atoms with van der Waals surface area (Å²) >= 11 is 3.15. The Morgan fingerprint density at radius 2 is 2.00 bits per heavy atom. The van der Waals surface area contributed by atoms with Gasteiger partial charge < -0.3 is 5.32 Å². The molecule has 0 saturated carbocycles. The van der Waals surface area contributed by atoms with E-state index in [0.29, 0.717) is 22.7 Å². The third kappa shape index (κ3) is 3.99. The summed E-state index contributed by atoms with van der Waals surface area (Å²) in [5, 5.41) is 20.3. The second-order valence-electron chi connectivity index (χ2n) is 6.66. The van der Waals surface area contributed by atoms with Crippen LogP contribution in [0.25, 0.3) is 21.3 Å². The van der Waals surface area contributed by atoms with Crippen molar-refractivity contribution in [2.75, 3.05) is 5.32 Å². The van der Waals surface area contributed by atoms with Crippen molar-refractivity contribution < 1.29 is 4.79 Å². The summed E-state index contributed by atoms with van der Waals surface area (Å²) in [6.45, 7) is 0. The molecule has 0 unspecified atom stereocenters. The molecule has 5 rings (SSSR count). The van der Waals surface area contributed by atoms with Crippen LogP contribution in [0.2, 0.25) is 0 Å². The topological polar surface area (TPSA) is 96.5 Å². The molecule has 2 heterocycles. The van der Waals surface area contributed by atoms with Crippen LogP contribution >= 0.6 is 23.1 Å². The smallest absolute Gasteiger partial charge is 0.255 e. The van der Waals surface area contributed by atoms with Gasteiger partial charge in [0.1, 0.15) is 5.52 Å². The van der Waals surface area contributed by atoms with E-state index in [1.807, 2.05) is 53.2 Å². The van der Waals surface area contributed by atoms with Crippen molar-refractivity contribution in [3.63, 3.8) is 0 Å². The Morgan fingerprint density at radius 3 is 2.90 bits per heavy atom. The number of carbonyl (C=O) groups is 1. The molecule has 0 aliphatic rings. The van der Waals surface area contributed by atoms with Crippen LogP contribution in [0, 0.1) is 11.3 Å². The summed E-state index contributed by atoms with van der Waals surface area (Å²) in [6.07, 6.45) is 0. The number of thioether (sulfide) groups is 1. The van der Waals surface area contributed by atoms with E-state index in [9.17, 15) is 4.79 Å². The van der Waals surface area contributed by atoms with Crippen molar-refractivity contribution in [2.24, 2.45) is 0 Å². The molecule has 31 heavy (non-hydrogen) atoms. The van der Waals surface area contributed by atoms with Gasteiger partial charge in [-0.1, -0.05) is 35.2 Å². The van der Waals surface area contributed by atoms with Gasteiger partial charge in [0, 0.05) is 11.3 Å². The lowest BCUT2D eigenvalue weighted by Gasteiger charge is -2.05. The number of thiazole rings is 1. The predicted octanol–water partition coefficient (Wildman–Crippen LogP) is 4.91. The molecule has 0 bridgehead atoms. The molecule has 0 fully saturated rings. The Morgan fingerprint density at radius 1 is 1.10 bits per heavy atom. The Kier molecular flexibility index (Phi) is 5.08. The van der Waals surface area contributed by atoms with E-state index in [1.54, 1.807) is 47.4 Å². The Hall–Kier alpha value is -3.74. The molecule has 150 valence electrons. The van der Waals surface area contributed by atoms with E-state index in [1.165, 1.54) is 0 Å². The highest BCUT2D eigenvalue weighted by atomic mass is 32.2. The number of nitriles is 1. The number of amides is 1. The number of hydrogen-bond donors (Lipinski definition) is 1. The molecular formula is C22H14N6OS2. The normalized spacial score (nSPS) is 10.9. The predicted molar refractivity (Wildman–Crippen MR) is 122 cm³/mol. The SMILES string of the molecule is N#Cc1cccc(C(=O)Nc2ccc3nc(SCn4nnc5ccccc54)sc3c2)c1. The summed E-state index contributed by atoms with van der Waals surface area (Å²) in [6, 6.07) is 22.1. The Labute approximate surface area is 185 Å². The highest BCUT2D eigenvalue weighted by Crippen LogP contribution is 2.32. The molecule has 7 nitrogen and oxygen atoms in total. The number of anilines is 1. The van der Waals surface area contributed by atoms with Crippen LogP contribution in [0.15, 0.2) is 71.1 Å². The second-order valence-corrected chi connectivity index (χ2v) is 8.88. The number of benzene rings is 3. The van der Waals surface area contributed by atoms with Gasteiger partial charge in [-0.15, -0.1) is 16.4 Å². The summed E-state index contributed by atoms with van der Waals surface area (Å²) in [5.74, 6) is 0.354. The Bertz CT molecular complexity index is 1470. The zero-order valence-electron chi connectivity index (χ0n) is 16.0. The summed E-state index contributed by atoms with van der Waals surface area (Å²) in [4.78, 5) is 17.2. The van der Waals surface area contributed by atoms with E-state index in [4.69, 9.17) is 5.26 Å². The van der Waals surface area contributed by atoms with E-state index >= 15 is 0 Å². The molecule has 2 aromatic heterocycles. The largest absolute Gasteiger partial charge is 0.322 e. The van der Waals surface area contributed by atoms with E-state index < -0.39 is 0 Å². The lowest BCUT2D eigenvalue weighted by Crippen LogP contribution is -2.11. The molecule has 0 aliphatic carbocycles. The number of fused-ring (bicyclic) bond motifs is 2. The van der Waals surface area contributed by atoms with Gasteiger partial charge in [-0.25, -0.2) is 9.67 Å². The molecule has 9 heteroatoms. The highest BCUT2D eigenvalue weighted by Gasteiger charge is 2.11. The van der Waals surface area contributed by atoms with Crippen molar-refractivity contribution in [2.45, 2.75) is 10.2 Å². The van der Waals surface area contributed by atoms with Crippen molar-refractivity contribution >= 4 is 55.9 Å². The third-order valence-corrected chi connectivity index (χ3v) is 6.74. The average Bonchev–Trinajstić information content (AvgIpc) is 3.41. The van der Waals surface area contributed by atoms with Crippen LogP contribution in [0.5, 0.6) is 0 Å². The summed E-state index contributed by atoms with van der Waals surface area (Å²) < 4.78 is 3.75. The van der Waals surface area contributed by atoms with Crippen LogP contribution in [0.4, 0.5) is 5.69 Å². The summed E-state index contributed by atoms with van der Waals surface area (Å²) in [7, 11) is 0. The summed E-state index contributed by atoms with van der Waals surface area (Å²) in [5.41, 5.74) is 4.31. The van der Waals surface area contributed by atoms with Gasteiger partial charge in [-0.2, -0.15) is 5.26 Å². The zero-order valence-corrected chi connectivity index (χ0v) is 17.7. The van der Waals surface area contributed by atoms with E-state index in [-0.39, 0.29) is 5.91 Å². The van der Waals surface area contributed by atoms with Gasteiger partial charge in [0.15, 0.2) is 4.34 Å². The third-order valence-electron chi connectivity index (χ3n) is 4.61. The van der Waals surface area contributed by atoms with E-state index in [2.05, 4.69) is 20.6 Å². The number of nitrogens with zero attached hydrogens (tertiary/aromatic N) is 5. The van der Waals surface area contributed by atoms with Crippen LogP contribution < -0.4 is 5.32 Å². The number of para-hydroxylation sites is 1. The fourth-order valence-electron chi connectivity index (χ4n) is 3.11. The number of nitrogens with one attached hydrogen (secondary N) is 1. The van der Waals surface area contributed by atoms with Crippen molar-refractivity contribution in [3.8, 4) is 6.07 Å². The fourth-order valence-corrected chi connectivity index (χ4v) is 5.09. The molecule has 0 spiro atoms. The molecule has 0 radical (unpaired) electrons.